The molecule has 0 aliphatic heterocycles. The van der Waals surface area contributed by atoms with Crippen molar-refractivity contribution in [3.63, 3.8) is 0 Å². The second-order valence-corrected chi connectivity index (χ2v) is 5.45. The van der Waals surface area contributed by atoms with E-state index in [9.17, 15) is 9.18 Å². The van der Waals surface area contributed by atoms with E-state index in [1.165, 1.54) is 12.1 Å². The third kappa shape index (κ3) is 3.21. The van der Waals surface area contributed by atoms with E-state index in [2.05, 4.69) is 9.97 Å². The molecule has 1 aromatic carbocycles. The zero-order chi connectivity index (χ0) is 16.4. The Morgan fingerprint density at radius 3 is 2.91 bits per heavy atom. The molecule has 0 unspecified atom stereocenters. The highest BCUT2D eigenvalue weighted by atomic mass is 19.1. The molecule has 2 heterocycles. The van der Waals surface area contributed by atoms with Crippen LogP contribution in [0.25, 0.3) is 22.6 Å². The summed E-state index contributed by atoms with van der Waals surface area (Å²) in [5, 5.41) is 8.82. The molecule has 2 aromatic heterocycles. The molecule has 23 heavy (non-hydrogen) atoms. The molecular formula is C17H16FN3O2. The summed E-state index contributed by atoms with van der Waals surface area (Å²) in [7, 11) is 0. The molecule has 6 heteroatoms. The molecule has 0 radical (unpaired) electrons. The van der Waals surface area contributed by atoms with Crippen molar-refractivity contribution in [2.24, 2.45) is 0 Å². The Morgan fingerprint density at radius 2 is 2.17 bits per heavy atom. The van der Waals surface area contributed by atoms with Crippen LogP contribution in [0.1, 0.15) is 18.4 Å². The first-order valence-corrected chi connectivity index (χ1v) is 7.35. The van der Waals surface area contributed by atoms with Gasteiger partial charge in [0.1, 0.15) is 17.2 Å². The Labute approximate surface area is 132 Å². The second-order valence-electron chi connectivity index (χ2n) is 5.45. The molecule has 0 amide bonds. The minimum absolute atomic E-state index is 0.0636. The number of benzene rings is 1. The van der Waals surface area contributed by atoms with Crippen LogP contribution in [-0.4, -0.2) is 25.6 Å². The highest BCUT2D eigenvalue weighted by Crippen LogP contribution is 2.25. The third-order valence-electron chi connectivity index (χ3n) is 3.58. The molecule has 1 N–H and O–H groups in total. The van der Waals surface area contributed by atoms with Crippen LogP contribution in [0.2, 0.25) is 0 Å². The van der Waals surface area contributed by atoms with Crippen molar-refractivity contribution >= 4 is 17.1 Å². The van der Waals surface area contributed by atoms with Crippen molar-refractivity contribution in [2.75, 3.05) is 0 Å². The number of pyridine rings is 1. The number of aryl methyl sites for hydroxylation is 2. The predicted molar refractivity (Wildman–Crippen MR) is 84.5 cm³/mol. The number of hydrogen-bond acceptors (Lipinski definition) is 3. The van der Waals surface area contributed by atoms with Gasteiger partial charge in [0.25, 0.3) is 0 Å². The van der Waals surface area contributed by atoms with Crippen LogP contribution in [0.4, 0.5) is 4.39 Å². The van der Waals surface area contributed by atoms with Crippen LogP contribution < -0.4 is 0 Å². The van der Waals surface area contributed by atoms with Gasteiger partial charge in [-0.2, -0.15) is 0 Å². The summed E-state index contributed by atoms with van der Waals surface area (Å²) >= 11 is 0. The van der Waals surface area contributed by atoms with E-state index in [0.717, 1.165) is 11.1 Å². The molecule has 3 rings (SSSR count). The third-order valence-corrected chi connectivity index (χ3v) is 3.58. The SMILES string of the molecule is Cc1cnc2c(c1)nc(-c1cccc(F)c1)n2CCCC(=O)O. The largest absolute Gasteiger partial charge is 0.481 e. The van der Waals surface area contributed by atoms with Crippen LogP contribution in [0.15, 0.2) is 36.5 Å². The van der Waals surface area contributed by atoms with Crippen molar-refractivity contribution in [2.45, 2.75) is 26.3 Å². The first-order valence-electron chi connectivity index (χ1n) is 7.35. The first-order chi connectivity index (χ1) is 11.0. The average molecular weight is 313 g/mol. The minimum atomic E-state index is -0.842. The number of hydrogen-bond donors (Lipinski definition) is 1. The number of rotatable bonds is 5. The summed E-state index contributed by atoms with van der Waals surface area (Å²) in [5.41, 5.74) is 3.04. The van der Waals surface area contributed by atoms with Gasteiger partial charge in [-0.1, -0.05) is 12.1 Å². The maximum atomic E-state index is 13.5. The van der Waals surface area contributed by atoms with Gasteiger partial charge in [-0.25, -0.2) is 14.4 Å². The van der Waals surface area contributed by atoms with Gasteiger partial charge in [0, 0.05) is 24.7 Å². The maximum absolute atomic E-state index is 13.5. The Bertz CT molecular complexity index is 873. The van der Waals surface area contributed by atoms with Crippen LogP contribution in [-0.2, 0) is 11.3 Å². The number of carboxylic acid groups (broad SMARTS) is 1. The lowest BCUT2D eigenvalue weighted by molar-refractivity contribution is -0.137. The molecule has 0 aliphatic rings. The molecule has 5 nitrogen and oxygen atoms in total. The number of aromatic nitrogens is 3. The van der Waals surface area contributed by atoms with E-state index >= 15 is 0 Å². The average Bonchev–Trinajstić information content (AvgIpc) is 2.85. The van der Waals surface area contributed by atoms with Crippen LogP contribution in [0, 0.1) is 12.7 Å². The van der Waals surface area contributed by atoms with Gasteiger partial charge in [-0.3, -0.25) is 4.79 Å². The van der Waals surface area contributed by atoms with Gasteiger partial charge in [0.05, 0.1) is 0 Å². The van der Waals surface area contributed by atoms with E-state index < -0.39 is 5.97 Å². The van der Waals surface area contributed by atoms with E-state index in [4.69, 9.17) is 5.11 Å². The van der Waals surface area contributed by atoms with Gasteiger partial charge in [-0.05, 0) is 37.1 Å². The number of nitrogens with zero attached hydrogens (tertiary/aromatic N) is 3. The number of carboxylic acids is 1. The summed E-state index contributed by atoms with van der Waals surface area (Å²) < 4.78 is 15.4. The number of halogens is 1. The van der Waals surface area contributed by atoms with E-state index in [1.54, 1.807) is 18.3 Å². The van der Waals surface area contributed by atoms with Gasteiger partial charge < -0.3 is 9.67 Å². The summed E-state index contributed by atoms with van der Waals surface area (Å²) in [4.78, 5) is 19.7. The van der Waals surface area contributed by atoms with Crippen molar-refractivity contribution in [1.82, 2.24) is 14.5 Å². The molecule has 0 fully saturated rings. The molecule has 3 aromatic rings. The first kappa shape index (κ1) is 15.1. The Balaban J connectivity index is 2.09. The summed E-state index contributed by atoms with van der Waals surface area (Å²) in [5.74, 6) is -0.579. The molecule has 0 saturated heterocycles. The fraction of sp³-hybridized carbons (Fsp3) is 0.235. The van der Waals surface area contributed by atoms with E-state index in [-0.39, 0.29) is 12.2 Å². The zero-order valence-corrected chi connectivity index (χ0v) is 12.7. The summed E-state index contributed by atoms with van der Waals surface area (Å²) in [6.07, 6.45) is 2.26. The Hall–Kier alpha value is -2.76. The molecule has 0 atom stereocenters. The van der Waals surface area contributed by atoms with Crippen molar-refractivity contribution in [1.29, 1.82) is 0 Å². The monoisotopic (exact) mass is 313 g/mol. The molecule has 0 spiro atoms. The molecule has 0 saturated carbocycles. The lowest BCUT2D eigenvalue weighted by atomic mass is 10.2. The lowest BCUT2D eigenvalue weighted by Gasteiger charge is -2.08. The normalized spacial score (nSPS) is 11.0. The summed E-state index contributed by atoms with van der Waals surface area (Å²) in [6, 6.07) is 8.12. The number of carbonyl (C=O) groups is 1. The topological polar surface area (TPSA) is 68.0 Å². The maximum Gasteiger partial charge on any atom is 0.303 e. The van der Waals surface area contributed by atoms with Crippen molar-refractivity contribution < 1.29 is 14.3 Å². The number of imidazole rings is 1. The molecular weight excluding hydrogens is 297 g/mol. The molecule has 0 aliphatic carbocycles. The predicted octanol–water partition coefficient (Wildman–Crippen LogP) is 3.41. The molecule has 0 bridgehead atoms. The highest BCUT2D eigenvalue weighted by molar-refractivity contribution is 5.77. The summed E-state index contributed by atoms with van der Waals surface area (Å²) in [6.45, 7) is 2.39. The van der Waals surface area contributed by atoms with Crippen molar-refractivity contribution in [3.05, 3.63) is 47.9 Å². The fourth-order valence-electron chi connectivity index (χ4n) is 2.56. The van der Waals surface area contributed by atoms with E-state index in [1.807, 2.05) is 17.6 Å². The highest BCUT2D eigenvalue weighted by Gasteiger charge is 2.14. The van der Waals surface area contributed by atoms with Gasteiger partial charge >= 0.3 is 5.97 Å². The Kier molecular flexibility index (Phi) is 4.06. The van der Waals surface area contributed by atoms with Crippen LogP contribution in [0.5, 0.6) is 0 Å². The van der Waals surface area contributed by atoms with E-state index in [0.29, 0.717) is 30.0 Å². The second kappa shape index (κ2) is 6.16. The smallest absolute Gasteiger partial charge is 0.303 e. The Morgan fingerprint density at radius 1 is 1.35 bits per heavy atom. The van der Waals surface area contributed by atoms with Gasteiger partial charge in [0.15, 0.2) is 5.65 Å². The van der Waals surface area contributed by atoms with Gasteiger partial charge in [0.2, 0.25) is 0 Å². The lowest BCUT2D eigenvalue weighted by Crippen LogP contribution is -2.04. The molecule has 118 valence electrons. The van der Waals surface area contributed by atoms with Gasteiger partial charge in [-0.15, -0.1) is 0 Å². The minimum Gasteiger partial charge on any atom is -0.481 e. The van der Waals surface area contributed by atoms with Crippen molar-refractivity contribution in [3.8, 4) is 11.4 Å². The fourth-order valence-corrected chi connectivity index (χ4v) is 2.56. The van der Waals surface area contributed by atoms with Crippen LogP contribution >= 0.6 is 0 Å². The zero-order valence-electron chi connectivity index (χ0n) is 12.7. The standard InChI is InChI=1S/C17H16FN3O2/c1-11-8-14-17(19-10-11)21(7-3-6-15(22)23)16(20-14)12-4-2-5-13(18)9-12/h2,4-5,8-10H,3,6-7H2,1H3,(H,22,23). The van der Waals surface area contributed by atoms with Crippen LogP contribution in [0.3, 0.4) is 0 Å². The quantitative estimate of drug-likeness (QED) is 0.784. The number of aliphatic carboxylic acids is 1. The number of fused-ring (bicyclic) bond motifs is 1.